The Morgan fingerprint density at radius 3 is 2.46 bits per heavy atom. The molecule has 3 rings (SSSR count). The molecule has 0 unspecified atom stereocenters. The fourth-order valence-electron chi connectivity index (χ4n) is 2.27. The number of halogens is 2. The Morgan fingerprint density at radius 1 is 1.07 bits per heavy atom. The lowest BCUT2D eigenvalue weighted by atomic mass is 10.1. The van der Waals surface area contributed by atoms with Crippen molar-refractivity contribution in [3.63, 3.8) is 0 Å². The molecule has 0 saturated heterocycles. The van der Waals surface area contributed by atoms with Crippen LogP contribution in [0.25, 0.3) is 0 Å². The second-order valence-electron chi connectivity index (χ2n) is 5.79. The van der Waals surface area contributed by atoms with Gasteiger partial charge in [0.25, 0.3) is 10.0 Å². The lowest BCUT2D eigenvalue weighted by molar-refractivity contribution is 0.578. The molecule has 0 atom stereocenters. The van der Waals surface area contributed by atoms with Crippen LogP contribution in [0.4, 0.5) is 20.4 Å². The predicted octanol–water partition coefficient (Wildman–Crippen LogP) is 2.85. The van der Waals surface area contributed by atoms with Gasteiger partial charge >= 0.3 is 0 Å². The van der Waals surface area contributed by atoms with Crippen LogP contribution in [0.3, 0.4) is 0 Å². The number of benzene rings is 2. The first kappa shape index (κ1) is 19.3. The second kappa shape index (κ2) is 7.62. The summed E-state index contributed by atoms with van der Waals surface area (Å²) >= 11 is 0. The Bertz CT molecular complexity index is 1200. The van der Waals surface area contributed by atoms with Gasteiger partial charge in [0.1, 0.15) is 5.82 Å². The van der Waals surface area contributed by atoms with E-state index in [9.17, 15) is 17.2 Å². The summed E-state index contributed by atoms with van der Waals surface area (Å²) in [6.45, 7) is 1.73. The fourth-order valence-corrected chi connectivity index (χ4v) is 3.43. The summed E-state index contributed by atoms with van der Waals surface area (Å²) < 4.78 is 55.8. The topological polar surface area (TPSA) is 98.0 Å². The van der Waals surface area contributed by atoms with Crippen molar-refractivity contribution in [2.24, 2.45) is 0 Å². The van der Waals surface area contributed by atoms with Gasteiger partial charge in [-0.05, 0) is 36.8 Å². The average molecular weight is 400 g/mol. The van der Waals surface area contributed by atoms with E-state index in [-0.39, 0.29) is 10.8 Å². The standard InChI is InChI=1S/C19H14F2N4O2S/c1-12-3-2-4-14(9-12)28(26,27)25-17-8-7-16(20)15(18(17)21)6-5-13-10-23-19(22)24-11-13/h2-4,7-11,25H,1H3,(H2,22,23,24). The van der Waals surface area contributed by atoms with Gasteiger partial charge in [0.05, 0.1) is 21.7 Å². The van der Waals surface area contributed by atoms with Crippen molar-refractivity contribution >= 4 is 21.7 Å². The van der Waals surface area contributed by atoms with Crippen LogP contribution < -0.4 is 10.5 Å². The first-order valence-electron chi connectivity index (χ1n) is 7.93. The highest BCUT2D eigenvalue weighted by Crippen LogP contribution is 2.24. The minimum atomic E-state index is -4.05. The number of hydrogen-bond donors (Lipinski definition) is 2. The van der Waals surface area contributed by atoms with Crippen molar-refractivity contribution in [2.45, 2.75) is 11.8 Å². The summed E-state index contributed by atoms with van der Waals surface area (Å²) in [4.78, 5) is 7.42. The van der Waals surface area contributed by atoms with E-state index >= 15 is 0 Å². The summed E-state index contributed by atoms with van der Waals surface area (Å²) in [7, 11) is -4.05. The third-order valence-corrected chi connectivity index (χ3v) is 5.00. The van der Waals surface area contributed by atoms with E-state index in [1.807, 2.05) is 0 Å². The lowest BCUT2D eigenvalue weighted by Gasteiger charge is -2.10. The van der Waals surface area contributed by atoms with Crippen LogP contribution in [-0.2, 0) is 10.0 Å². The van der Waals surface area contributed by atoms with Gasteiger partial charge in [-0.15, -0.1) is 0 Å². The van der Waals surface area contributed by atoms with E-state index in [0.717, 1.165) is 17.7 Å². The molecule has 28 heavy (non-hydrogen) atoms. The van der Waals surface area contributed by atoms with Crippen LogP contribution in [0, 0.1) is 30.4 Å². The van der Waals surface area contributed by atoms with Gasteiger partial charge in [-0.1, -0.05) is 24.0 Å². The maximum atomic E-state index is 14.7. The van der Waals surface area contributed by atoms with Gasteiger partial charge in [0.2, 0.25) is 5.95 Å². The smallest absolute Gasteiger partial charge is 0.261 e. The zero-order chi connectivity index (χ0) is 20.3. The van der Waals surface area contributed by atoms with Crippen LogP contribution in [0.1, 0.15) is 16.7 Å². The summed E-state index contributed by atoms with van der Waals surface area (Å²) in [6.07, 6.45) is 2.60. The second-order valence-corrected chi connectivity index (χ2v) is 7.47. The molecular weight excluding hydrogens is 386 g/mol. The van der Waals surface area contributed by atoms with E-state index in [1.165, 1.54) is 24.5 Å². The molecule has 0 radical (unpaired) electrons. The molecule has 0 aliphatic rings. The number of nitrogens with one attached hydrogen (secondary N) is 1. The van der Waals surface area contributed by atoms with Gasteiger partial charge in [0, 0.05) is 12.4 Å². The van der Waals surface area contributed by atoms with Crippen LogP contribution >= 0.6 is 0 Å². The number of nitrogens with two attached hydrogens (primary N) is 1. The molecule has 9 heteroatoms. The molecule has 3 N–H and O–H groups in total. The molecule has 0 aliphatic heterocycles. The number of nitrogens with zero attached hydrogens (tertiary/aromatic N) is 2. The molecule has 0 saturated carbocycles. The summed E-state index contributed by atoms with van der Waals surface area (Å²) in [5.41, 5.74) is 5.38. The van der Waals surface area contributed by atoms with E-state index in [1.54, 1.807) is 19.1 Å². The zero-order valence-corrected chi connectivity index (χ0v) is 15.4. The largest absolute Gasteiger partial charge is 0.368 e. The molecular formula is C19H14F2N4O2S. The molecule has 142 valence electrons. The molecule has 0 fully saturated rings. The van der Waals surface area contributed by atoms with Crippen LogP contribution in [0.15, 0.2) is 53.7 Å². The van der Waals surface area contributed by atoms with Gasteiger partial charge in [-0.2, -0.15) is 0 Å². The van der Waals surface area contributed by atoms with Crippen LogP contribution in [0.5, 0.6) is 0 Å². The summed E-state index contributed by atoms with van der Waals surface area (Å²) in [5, 5.41) is 0. The highest BCUT2D eigenvalue weighted by atomic mass is 32.2. The predicted molar refractivity (Wildman–Crippen MR) is 101 cm³/mol. The van der Waals surface area contributed by atoms with Crippen molar-refractivity contribution in [3.05, 3.63) is 77.1 Å². The van der Waals surface area contributed by atoms with Crippen molar-refractivity contribution in [1.82, 2.24) is 9.97 Å². The molecule has 1 aromatic heterocycles. The molecule has 0 bridgehead atoms. The minimum Gasteiger partial charge on any atom is -0.368 e. The van der Waals surface area contributed by atoms with E-state index in [0.29, 0.717) is 5.56 Å². The van der Waals surface area contributed by atoms with Crippen molar-refractivity contribution in [2.75, 3.05) is 10.5 Å². The highest BCUT2D eigenvalue weighted by molar-refractivity contribution is 7.92. The maximum Gasteiger partial charge on any atom is 0.261 e. The van der Waals surface area contributed by atoms with Gasteiger partial charge in [-0.3, -0.25) is 4.72 Å². The van der Waals surface area contributed by atoms with Crippen molar-refractivity contribution < 1.29 is 17.2 Å². The zero-order valence-electron chi connectivity index (χ0n) is 14.6. The molecule has 1 heterocycles. The van der Waals surface area contributed by atoms with Crippen LogP contribution in [0.2, 0.25) is 0 Å². The van der Waals surface area contributed by atoms with Crippen LogP contribution in [-0.4, -0.2) is 18.4 Å². The number of sulfonamides is 1. The first-order valence-corrected chi connectivity index (χ1v) is 9.41. The minimum absolute atomic E-state index is 0.0375. The number of anilines is 2. The normalized spacial score (nSPS) is 10.8. The monoisotopic (exact) mass is 400 g/mol. The van der Waals surface area contributed by atoms with Crippen molar-refractivity contribution in [1.29, 1.82) is 0 Å². The van der Waals surface area contributed by atoms with Gasteiger partial charge in [0.15, 0.2) is 5.82 Å². The number of rotatable bonds is 3. The molecule has 0 amide bonds. The molecule has 0 spiro atoms. The maximum absolute atomic E-state index is 14.7. The Kier molecular flexibility index (Phi) is 5.24. The molecule has 0 aliphatic carbocycles. The third kappa shape index (κ3) is 4.24. The fraction of sp³-hybridized carbons (Fsp3) is 0.0526. The molecule has 6 nitrogen and oxygen atoms in total. The van der Waals surface area contributed by atoms with Gasteiger partial charge < -0.3 is 5.73 Å². The first-order chi connectivity index (χ1) is 13.3. The number of aromatic nitrogens is 2. The Hall–Kier alpha value is -3.51. The van der Waals surface area contributed by atoms with E-state index < -0.39 is 32.9 Å². The quantitative estimate of drug-likeness (QED) is 0.659. The number of hydrogen-bond acceptors (Lipinski definition) is 5. The van der Waals surface area contributed by atoms with Crippen molar-refractivity contribution in [3.8, 4) is 11.8 Å². The van der Waals surface area contributed by atoms with E-state index in [4.69, 9.17) is 5.73 Å². The third-order valence-electron chi connectivity index (χ3n) is 3.64. The number of aryl methyl sites for hydroxylation is 1. The SMILES string of the molecule is Cc1cccc(S(=O)(=O)Nc2ccc(F)c(C#Cc3cnc(N)nc3)c2F)c1. The lowest BCUT2D eigenvalue weighted by Crippen LogP contribution is -2.14. The number of nitrogen functional groups attached to an aromatic ring is 1. The molecule has 2 aromatic carbocycles. The summed E-state index contributed by atoms with van der Waals surface area (Å²) in [5.74, 6) is 2.83. The Balaban J connectivity index is 1.96. The average Bonchev–Trinajstić information content (AvgIpc) is 2.65. The van der Waals surface area contributed by atoms with Gasteiger partial charge in [-0.25, -0.2) is 27.2 Å². The Labute approximate surface area is 160 Å². The highest BCUT2D eigenvalue weighted by Gasteiger charge is 2.19. The van der Waals surface area contributed by atoms with E-state index in [2.05, 4.69) is 26.5 Å². The summed E-state index contributed by atoms with van der Waals surface area (Å²) in [6, 6.07) is 8.03. The molecule has 3 aromatic rings. The Morgan fingerprint density at radius 2 is 1.79 bits per heavy atom.